The third-order valence-corrected chi connectivity index (χ3v) is 4.21. The topological polar surface area (TPSA) is 48.0 Å². The Morgan fingerprint density at radius 3 is 2.63 bits per heavy atom. The lowest BCUT2D eigenvalue weighted by atomic mass is 9.86. The highest BCUT2D eigenvalue weighted by atomic mass is 16.6. The van der Waals surface area contributed by atoms with Gasteiger partial charge in [-0.25, -0.2) is 4.79 Å². The predicted molar refractivity (Wildman–Crippen MR) is 68.7 cm³/mol. The Bertz CT molecular complexity index is 315. The standard InChI is InChI=1S/C14H23NO4/c16-14(19-9-11-2-1-3-11)15-6-7-17-10-13(15)18-8-12-4-5-12/h11-13H,1-10H2. The summed E-state index contributed by atoms with van der Waals surface area (Å²) in [6.45, 7) is 2.90. The summed E-state index contributed by atoms with van der Waals surface area (Å²) < 4.78 is 16.6. The average molecular weight is 269 g/mol. The Hall–Kier alpha value is -0.810. The van der Waals surface area contributed by atoms with Crippen LogP contribution in [0.4, 0.5) is 4.79 Å². The SMILES string of the molecule is O=C(OCC1CCC1)N1CCOCC1OCC1CC1. The zero-order chi connectivity index (χ0) is 13.1. The van der Waals surface area contributed by atoms with E-state index in [4.69, 9.17) is 14.2 Å². The third-order valence-electron chi connectivity index (χ3n) is 4.21. The lowest BCUT2D eigenvalue weighted by Gasteiger charge is -2.35. The van der Waals surface area contributed by atoms with Crippen LogP contribution in [0.3, 0.4) is 0 Å². The van der Waals surface area contributed by atoms with Crippen molar-refractivity contribution < 1.29 is 19.0 Å². The molecule has 5 nitrogen and oxygen atoms in total. The number of carbonyl (C=O) groups is 1. The first kappa shape index (κ1) is 13.2. The fraction of sp³-hybridized carbons (Fsp3) is 0.929. The average Bonchev–Trinajstić information content (AvgIpc) is 3.18. The van der Waals surface area contributed by atoms with Crippen molar-refractivity contribution in [3.8, 4) is 0 Å². The number of hydrogen-bond acceptors (Lipinski definition) is 4. The van der Waals surface area contributed by atoms with E-state index in [-0.39, 0.29) is 12.3 Å². The second kappa shape index (κ2) is 6.09. The summed E-state index contributed by atoms with van der Waals surface area (Å²) >= 11 is 0. The second-order valence-corrected chi connectivity index (χ2v) is 5.87. The van der Waals surface area contributed by atoms with Gasteiger partial charge in [0, 0.05) is 0 Å². The van der Waals surface area contributed by atoms with E-state index in [0.717, 1.165) is 6.61 Å². The molecule has 0 spiro atoms. The molecule has 1 atom stereocenters. The number of rotatable bonds is 5. The first-order chi connectivity index (χ1) is 9.33. The lowest BCUT2D eigenvalue weighted by Crippen LogP contribution is -2.50. The Labute approximate surface area is 114 Å². The fourth-order valence-electron chi connectivity index (χ4n) is 2.39. The Morgan fingerprint density at radius 2 is 1.95 bits per heavy atom. The van der Waals surface area contributed by atoms with E-state index in [1.807, 2.05) is 0 Å². The summed E-state index contributed by atoms with van der Waals surface area (Å²) in [7, 11) is 0. The van der Waals surface area contributed by atoms with Crippen LogP contribution in [0.5, 0.6) is 0 Å². The van der Waals surface area contributed by atoms with Gasteiger partial charge in [-0.15, -0.1) is 0 Å². The van der Waals surface area contributed by atoms with Crippen molar-refractivity contribution in [2.24, 2.45) is 11.8 Å². The van der Waals surface area contributed by atoms with Crippen molar-refractivity contribution in [1.82, 2.24) is 4.90 Å². The molecule has 3 rings (SSSR count). The maximum Gasteiger partial charge on any atom is 0.411 e. The molecule has 1 aliphatic heterocycles. The summed E-state index contributed by atoms with van der Waals surface area (Å²) in [4.78, 5) is 13.8. The van der Waals surface area contributed by atoms with Crippen molar-refractivity contribution in [2.75, 3.05) is 33.0 Å². The van der Waals surface area contributed by atoms with Crippen LogP contribution in [0.2, 0.25) is 0 Å². The molecule has 1 saturated heterocycles. The van der Waals surface area contributed by atoms with Crippen molar-refractivity contribution in [3.05, 3.63) is 0 Å². The van der Waals surface area contributed by atoms with E-state index >= 15 is 0 Å². The van der Waals surface area contributed by atoms with Crippen LogP contribution in [-0.4, -0.2) is 50.2 Å². The Kier molecular flexibility index (Phi) is 4.23. The zero-order valence-electron chi connectivity index (χ0n) is 11.4. The van der Waals surface area contributed by atoms with Crippen LogP contribution in [0.1, 0.15) is 32.1 Å². The highest BCUT2D eigenvalue weighted by Gasteiger charge is 2.32. The van der Waals surface area contributed by atoms with Gasteiger partial charge in [-0.2, -0.15) is 0 Å². The molecule has 0 aromatic heterocycles. The summed E-state index contributed by atoms with van der Waals surface area (Å²) in [5.41, 5.74) is 0. The van der Waals surface area contributed by atoms with Crippen LogP contribution in [-0.2, 0) is 14.2 Å². The summed E-state index contributed by atoms with van der Waals surface area (Å²) in [5.74, 6) is 1.27. The first-order valence-electron chi connectivity index (χ1n) is 7.45. The fourth-order valence-corrected chi connectivity index (χ4v) is 2.39. The van der Waals surface area contributed by atoms with Crippen LogP contribution in [0.25, 0.3) is 0 Å². The van der Waals surface area contributed by atoms with Crippen molar-refractivity contribution in [2.45, 2.75) is 38.3 Å². The van der Waals surface area contributed by atoms with Gasteiger partial charge in [0.25, 0.3) is 0 Å². The number of morpholine rings is 1. The molecule has 1 amide bonds. The van der Waals surface area contributed by atoms with Gasteiger partial charge in [0.15, 0.2) is 6.23 Å². The van der Waals surface area contributed by atoms with Crippen LogP contribution in [0.15, 0.2) is 0 Å². The van der Waals surface area contributed by atoms with Gasteiger partial charge >= 0.3 is 6.09 Å². The molecular weight excluding hydrogens is 246 g/mol. The monoisotopic (exact) mass is 269 g/mol. The molecule has 0 aromatic rings. The molecule has 0 aromatic carbocycles. The largest absolute Gasteiger partial charge is 0.449 e. The van der Waals surface area contributed by atoms with Gasteiger partial charge in [0.2, 0.25) is 0 Å². The first-order valence-corrected chi connectivity index (χ1v) is 7.45. The molecule has 19 heavy (non-hydrogen) atoms. The Balaban J connectivity index is 1.44. The van der Waals surface area contributed by atoms with Crippen molar-refractivity contribution in [3.63, 3.8) is 0 Å². The molecule has 0 radical (unpaired) electrons. The van der Waals surface area contributed by atoms with E-state index in [9.17, 15) is 4.79 Å². The number of carbonyl (C=O) groups excluding carboxylic acids is 1. The van der Waals surface area contributed by atoms with Gasteiger partial charge in [-0.1, -0.05) is 6.42 Å². The minimum Gasteiger partial charge on any atom is -0.449 e. The van der Waals surface area contributed by atoms with Gasteiger partial charge in [0.1, 0.15) is 0 Å². The Morgan fingerprint density at radius 1 is 1.16 bits per heavy atom. The molecular formula is C14H23NO4. The quantitative estimate of drug-likeness (QED) is 0.766. The molecule has 1 unspecified atom stereocenters. The number of ether oxygens (including phenoxy) is 3. The van der Waals surface area contributed by atoms with Gasteiger partial charge in [-0.3, -0.25) is 4.90 Å². The smallest absolute Gasteiger partial charge is 0.411 e. The van der Waals surface area contributed by atoms with Crippen LogP contribution >= 0.6 is 0 Å². The summed E-state index contributed by atoms with van der Waals surface area (Å²) in [6.07, 6.45) is 5.65. The van der Waals surface area contributed by atoms with Crippen molar-refractivity contribution in [1.29, 1.82) is 0 Å². The molecule has 3 aliphatic rings. The maximum absolute atomic E-state index is 12.1. The minimum absolute atomic E-state index is 0.240. The van der Waals surface area contributed by atoms with Crippen LogP contribution in [0, 0.1) is 11.8 Å². The zero-order valence-corrected chi connectivity index (χ0v) is 11.4. The van der Waals surface area contributed by atoms with Crippen molar-refractivity contribution >= 4 is 6.09 Å². The van der Waals surface area contributed by atoms with Crippen LogP contribution < -0.4 is 0 Å². The lowest BCUT2D eigenvalue weighted by molar-refractivity contribution is -0.132. The van der Waals surface area contributed by atoms with E-state index in [1.165, 1.54) is 32.1 Å². The number of amides is 1. The molecule has 2 aliphatic carbocycles. The molecule has 5 heteroatoms. The molecule has 1 heterocycles. The molecule has 0 bridgehead atoms. The van der Waals surface area contributed by atoms with E-state index in [1.54, 1.807) is 4.90 Å². The predicted octanol–water partition coefficient (Wildman–Crippen LogP) is 2.01. The molecule has 2 saturated carbocycles. The van der Waals surface area contributed by atoms with E-state index < -0.39 is 0 Å². The van der Waals surface area contributed by atoms with Gasteiger partial charge in [0.05, 0.1) is 33.0 Å². The van der Waals surface area contributed by atoms with Gasteiger partial charge in [-0.05, 0) is 37.5 Å². The molecule has 108 valence electrons. The van der Waals surface area contributed by atoms with Gasteiger partial charge < -0.3 is 14.2 Å². The van der Waals surface area contributed by atoms with E-state index in [2.05, 4.69) is 0 Å². The summed E-state index contributed by atoms with van der Waals surface area (Å²) in [5, 5.41) is 0. The second-order valence-electron chi connectivity index (χ2n) is 5.87. The molecule has 3 fully saturated rings. The highest BCUT2D eigenvalue weighted by Crippen LogP contribution is 2.30. The number of nitrogens with zero attached hydrogens (tertiary/aromatic N) is 1. The minimum atomic E-state index is -0.261. The number of hydrogen-bond donors (Lipinski definition) is 0. The third kappa shape index (κ3) is 3.60. The molecule has 0 N–H and O–H groups in total. The maximum atomic E-state index is 12.1. The normalized spacial score (nSPS) is 28.0. The summed E-state index contributed by atoms with van der Waals surface area (Å²) in [6, 6.07) is 0. The highest BCUT2D eigenvalue weighted by molar-refractivity contribution is 5.68. The van der Waals surface area contributed by atoms with E-state index in [0.29, 0.717) is 38.2 Å².